The van der Waals surface area contributed by atoms with Crippen molar-refractivity contribution in [2.24, 2.45) is 5.92 Å². The van der Waals surface area contributed by atoms with Crippen molar-refractivity contribution in [3.8, 4) is 0 Å². The second-order valence-electron chi connectivity index (χ2n) is 2.81. The summed E-state index contributed by atoms with van der Waals surface area (Å²) in [5.41, 5.74) is 1.58. The van der Waals surface area contributed by atoms with Gasteiger partial charge in [-0.15, -0.1) is 18.6 Å². The maximum Gasteiger partial charge on any atom is 4.00 e. The van der Waals surface area contributed by atoms with Gasteiger partial charge in [0.05, 0.1) is 0 Å². The Morgan fingerprint density at radius 3 is 2.54 bits per heavy atom. The van der Waals surface area contributed by atoms with Crippen molar-refractivity contribution in [2.45, 2.75) is 19.3 Å². The zero-order valence-electron chi connectivity index (χ0n) is 7.14. The van der Waals surface area contributed by atoms with Gasteiger partial charge in [0.2, 0.25) is 0 Å². The third kappa shape index (κ3) is 4.93. The Balaban J connectivity index is -0.000000250. The smallest absolute Gasteiger partial charge is 1.00 e. The van der Waals surface area contributed by atoms with Crippen molar-refractivity contribution in [1.82, 2.24) is 0 Å². The Labute approximate surface area is 118 Å². The minimum atomic E-state index is 0. The molecule has 1 saturated carbocycles. The maximum absolute atomic E-state index is 2.37. The van der Waals surface area contributed by atoms with Crippen molar-refractivity contribution in [3.63, 3.8) is 0 Å². The van der Waals surface area contributed by atoms with E-state index >= 15 is 0 Å². The summed E-state index contributed by atoms with van der Waals surface area (Å²) < 4.78 is 0. The van der Waals surface area contributed by atoms with E-state index in [1.165, 1.54) is 19.3 Å². The molecule has 72 valence electrons. The normalized spacial score (nSPS) is 21.5. The molecule has 0 saturated heterocycles. The summed E-state index contributed by atoms with van der Waals surface area (Å²) in [6.07, 6.45) is 13.0. The van der Waals surface area contributed by atoms with Gasteiger partial charge in [-0.2, -0.15) is 0 Å². The average Bonchev–Trinajstić information content (AvgIpc) is 2.33. The minimum absolute atomic E-state index is 0. The van der Waals surface area contributed by atoms with Crippen molar-refractivity contribution in [1.29, 1.82) is 0 Å². The molecule has 13 heavy (non-hydrogen) atoms. The number of halogens is 3. The Bertz CT molecular complexity index is 178. The number of rotatable bonds is 0. The Morgan fingerprint density at radius 2 is 1.92 bits per heavy atom. The molecule has 0 spiro atoms. The largest absolute Gasteiger partial charge is 4.00 e. The average molecular weight is 317 g/mol. The quantitative estimate of drug-likeness (QED) is 0.390. The molecular formula is C9H11Cl3Zr. The summed E-state index contributed by atoms with van der Waals surface area (Å²) in [5, 5.41) is 0. The zero-order chi connectivity index (χ0) is 6.10. The molecule has 1 unspecified atom stereocenters. The van der Waals surface area contributed by atoms with Crippen LogP contribution in [0.5, 0.6) is 0 Å². The van der Waals surface area contributed by atoms with Crippen LogP contribution in [0.1, 0.15) is 19.3 Å². The molecule has 0 aliphatic heterocycles. The molecule has 0 nitrogen and oxygen atoms in total. The molecule has 0 bridgehead atoms. The maximum atomic E-state index is 2.37. The fraction of sp³-hybridized carbons (Fsp3) is 0.444. The minimum Gasteiger partial charge on any atom is -1.00 e. The first-order valence-electron chi connectivity index (χ1n) is 3.67. The van der Waals surface area contributed by atoms with Gasteiger partial charge < -0.3 is 37.2 Å². The van der Waals surface area contributed by atoms with Crippen LogP contribution in [0.25, 0.3) is 0 Å². The van der Waals surface area contributed by atoms with Gasteiger partial charge in [0.15, 0.2) is 0 Å². The van der Waals surface area contributed by atoms with E-state index in [-0.39, 0.29) is 63.4 Å². The second-order valence-corrected chi connectivity index (χ2v) is 2.81. The summed E-state index contributed by atoms with van der Waals surface area (Å²) in [6, 6.07) is 0. The van der Waals surface area contributed by atoms with E-state index in [4.69, 9.17) is 0 Å². The molecule has 0 heterocycles. The number of allylic oxidation sites excluding steroid dienone is 4. The third-order valence-corrected chi connectivity index (χ3v) is 2.21. The predicted octanol–water partition coefficient (Wildman–Crippen LogP) is -6.50. The van der Waals surface area contributed by atoms with E-state index in [0.717, 1.165) is 5.92 Å². The molecule has 2 rings (SSSR count). The van der Waals surface area contributed by atoms with Crippen LogP contribution >= 0.6 is 0 Å². The second kappa shape index (κ2) is 9.65. The van der Waals surface area contributed by atoms with Crippen LogP contribution < -0.4 is 37.2 Å². The van der Waals surface area contributed by atoms with Crippen LogP contribution in [0.3, 0.4) is 0 Å². The Hall–Kier alpha value is 1.10. The molecule has 0 radical (unpaired) electrons. The van der Waals surface area contributed by atoms with Gasteiger partial charge in [0.1, 0.15) is 0 Å². The van der Waals surface area contributed by atoms with Crippen LogP contribution in [0.15, 0.2) is 23.8 Å². The van der Waals surface area contributed by atoms with E-state index in [1.54, 1.807) is 5.57 Å². The van der Waals surface area contributed by atoms with E-state index < -0.39 is 0 Å². The van der Waals surface area contributed by atoms with Crippen LogP contribution in [0.2, 0.25) is 0 Å². The summed E-state index contributed by atoms with van der Waals surface area (Å²) >= 11 is 0. The van der Waals surface area contributed by atoms with Crippen molar-refractivity contribution >= 4 is 0 Å². The van der Waals surface area contributed by atoms with Gasteiger partial charge in [0.25, 0.3) is 0 Å². The topological polar surface area (TPSA) is 0 Å². The monoisotopic (exact) mass is 314 g/mol. The van der Waals surface area contributed by atoms with Gasteiger partial charge in [-0.3, -0.25) is 0 Å². The van der Waals surface area contributed by atoms with E-state index in [1.807, 2.05) is 0 Å². The first-order chi connectivity index (χ1) is 4.47. The molecule has 0 aromatic heterocycles. The molecule has 0 N–H and O–H groups in total. The summed E-state index contributed by atoms with van der Waals surface area (Å²) in [5.74, 6) is 0.884. The molecule has 2 aliphatic rings. The zero-order valence-corrected chi connectivity index (χ0v) is 11.9. The van der Waals surface area contributed by atoms with E-state index in [2.05, 4.69) is 24.6 Å². The van der Waals surface area contributed by atoms with Gasteiger partial charge in [-0.05, 0) is 12.3 Å². The third-order valence-electron chi connectivity index (χ3n) is 2.21. The predicted molar refractivity (Wildman–Crippen MR) is 38.9 cm³/mol. The fourth-order valence-electron chi connectivity index (χ4n) is 1.66. The number of hydrogen-bond donors (Lipinski definition) is 0. The molecule has 0 aromatic carbocycles. The molecule has 0 amide bonds. The molecule has 2 aliphatic carbocycles. The summed E-state index contributed by atoms with van der Waals surface area (Å²) in [4.78, 5) is 0. The van der Waals surface area contributed by atoms with E-state index in [9.17, 15) is 0 Å². The van der Waals surface area contributed by atoms with Crippen LogP contribution in [-0.2, 0) is 26.2 Å². The SMILES string of the molecule is C1=CCC2CC[CH-]C2=C1.[Cl-].[Cl-].[Cl-].[Zr+4]. The van der Waals surface area contributed by atoms with Gasteiger partial charge >= 0.3 is 26.2 Å². The first kappa shape index (κ1) is 19.6. The molecule has 0 aromatic rings. The standard InChI is InChI=1S/C9H11.3ClH.Zr/c1-2-5-9-7-3-6-8(9)4-1;;;;/h1-2,4,6,9H,3,5,7H2;3*1H;/q-1;;;;+4/p-3. The van der Waals surface area contributed by atoms with Crippen molar-refractivity contribution in [2.75, 3.05) is 0 Å². The molecular weight excluding hydrogens is 306 g/mol. The van der Waals surface area contributed by atoms with Crippen molar-refractivity contribution in [3.05, 3.63) is 30.2 Å². The fourth-order valence-corrected chi connectivity index (χ4v) is 1.66. The molecule has 4 heteroatoms. The van der Waals surface area contributed by atoms with Crippen molar-refractivity contribution < 1.29 is 63.4 Å². The van der Waals surface area contributed by atoms with Crippen LogP contribution in [0, 0.1) is 12.3 Å². The van der Waals surface area contributed by atoms with Crippen LogP contribution in [0.4, 0.5) is 0 Å². The number of fused-ring (bicyclic) bond motifs is 1. The van der Waals surface area contributed by atoms with Crippen LogP contribution in [-0.4, -0.2) is 0 Å². The number of hydrogen-bond acceptors (Lipinski definition) is 0. The molecule has 1 atom stereocenters. The Morgan fingerprint density at radius 1 is 1.23 bits per heavy atom. The summed E-state index contributed by atoms with van der Waals surface area (Å²) in [6.45, 7) is 0. The summed E-state index contributed by atoms with van der Waals surface area (Å²) in [7, 11) is 0. The first-order valence-corrected chi connectivity index (χ1v) is 3.67. The Kier molecular flexibility index (Phi) is 14.6. The van der Waals surface area contributed by atoms with Gasteiger partial charge in [-0.1, -0.05) is 6.42 Å². The molecule has 1 fully saturated rings. The van der Waals surface area contributed by atoms with E-state index in [0.29, 0.717) is 0 Å². The van der Waals surface area contributed by atoms with Gasteiger partial charge in [0, 0.05) is 0 Å². The van der Waals surface area contributed by atoms with Gasteiger partial charge in [-0.25, -0.2) is 18.1 Å².